The van der Waals surface area contributed by atoms with E-state index in [1.165, 1.54) is 16.7 Å². The Kier molecular flexibility index (Phi) is 6.62. The van der Waals surface area contributed by atoms with E-state index < -0.39 is 17.5 Å². The lowest BCUT2D eigenvalue weighted by atomic mass is 9.99. The molecule has 154 valence electrons. The first-order chi connectivity index (χ1) is 13.8. The van der Waals surface area contributed by atoms with E-state index in [-0.39, 0.29) is 24.1 Å². The average Bonchev–Trinajstić information content (AvgIpc) is 3.14. The Hall–Kier alpha value is -2.76. The van der Waals surface area contributed by atoms with Gasteiger partial charge < -0.3 is 10.2 Å². The van der Waals surface area contributed by atoms with Crippen LogP contribution in [0, 0.1) is 25.5 Å². The molecule has 1 heterocycles. The number of benzene rings is 2. The van der Waals surface area contributed by atoms with Crippen LogP contribution in [-0.2, 0) is 4.79 Å². The largest absolute Gasteiger partial charge is 0.352 e. The van der Waals surface area contributed by atoms with Gasteiger partial charge in [-0.2, -0.15) is 0 Å². The third-order valence-corrected chi connectivity index (χ3v) is 5.23. The quantitative estimate of drug-likeness (QED) is 0.728. The Morgan fingerprint density at radius 2 is 1.83 bits per heavy atom. The van der Waals surface area contributed by atoms with Gasteiger partial charge in [-0.05, 0) is 50.8 Å². The molecule has 1 saturated heterocycles. The van der Waals surface area contributed by atoms with E-state index in [1.807, 2.05) is 4.90 Å². The highest BCUT2D eigenvalue weighted by Gasteiger charge is 2.29. The summed E-state index contributed by atoms with van der Waals surface area (Å²) in [5, 5.41) is 2.59. The summed E-state index contributed by atoms with van der Waals surface area (Å²) in [6.07, 6.45) is 2.70. The maximum Gasteiger partial charge on any atom is 0.254 e. The number of likely N-dealkylation sites (tertiary alicyclic amines) is 1. The Labute approximate surface area is 169 Å². The summed E-state index contributed by atoms with van der Waals surface area (Å²) in [6.45, 7) is 5.11. The van der Waals surface area contributed by atoms with E-state index in [4.69, 9.17) is 0 Å². The van der Waals surface area contributed by atoms with Gasteiger partial charge in [-0.3, -0.25) is 9.59 Å². The molecule has 0 radical (unpaired) electrons. The molecule has 3 rings (SSSR count). The van der Waals surface area contributed by atoms with Crippen LogP contribution in [0.2, 0.25) is 0 Å². The van der Waals surface area contributed by atoms with Crippen molar-refractivity contribution in [2.24, 2.45) is 0 Å². The molecule has 0 bridgehead atoms. The van der Waals surface area contributed by atoms with Crippen molar-refractivity contribution >= 4 is 11.8 Å². The van der Waals surface area contributed by atoms with Gasteiger partial charge >= 0.3 is 0 Å². The molecule has 0 aliphatic carbocycles. The van der Waals surface area contributed by atoms with Crippen LogP contribution in [0.15, 0.2) is 36.4 Å². The maximum atomic E-state index is 13.6. The number of nitrogens with one attached hydrogen (secondary N) is 1. The van der Waals surface area contributed by atoms with E-state index in [9.17, 15) is 18.4 Å². The van der Waals surface area contributed by atoms with E-state index in [1.54, 1.807) is 0 Å². The van der Waals surface area contributed by atoms with Gasteiger partial charge in [0.2, 0.25) is 5.91 Å². The van der Waals surface area contributed by atoms with Gasteiger partial charge in [0.05, 0.1) is 11.6 Å². The minimum absolute atomic E-state index is 0.0638. The molecule has 0 saturated carbocycles. The summed E-state index contributed by atoms with van der Waals surface area (Å²) in [7, 11) is 0. The number of carbonyl (C=O) groups is 2. The second-order valence-corrected chi connectivity index (χ2v) is 7.65. The molecule has 29 heavy (non-hydrogen) atoms. The average molecular weight is 400 g/mol. The molecule has 6 heteroatoms. The number of carbonyl (C=O) groups excluding carboxylic acids is 2. The van der Waals surface area contributed by atoms with Gasteiger partial charge in [0.25, 0.3) is 5.91 Å². The lowest BCUT2D eigenvalue weighted by Crippen LogP contribution is -2.32. The van der Waals surface area contributed by atoms with E-state index in [0.29, 0.717) is 18.9 Å². The zero-order valence-electron chi connectivity index (χ0n) is 16.8. The van der Waals surface area contributed by atoms with Crippen LogP contribution >= 0.6 is 0 Å². The molecule has 1 unspecified atom stereocenters. The van der Waals surface area contributed by atoms with Gasteiger partial charge in [-0.1, -0.05) is 29.3 Å². The number of nitrogens with zero attached hydrogens (tertiary/aromatic N) is 1. The van der Waals surface area contributed by atoms with Crippen molar-refractivity contribution in [3.05, 3.63) is 70.3 Å². The molecule has 1 aliphatic rings. The van der Waals surface area contributed by atoms with Crippen LogP contribution in [0.5, 0.6) is 0 Å². The molecular formula is C23H26F2N2O2. The van der Waals surface area contributed by atoms with E-state index >= 15 is 0 Å². The minimum atomic E-state index is -0.896. The lowest BCUT2D eigenvalue weighted by molar-refractivity contribution is -0.132. The Morgan fingerprint density at radius 3 is 2.52 bits per heavy atom. The van der Waals surface area contributed by atoms with Crippen LogP contribution in [-0.4, -0.2) is 29.8 Å². The molecule has 1 N–H and O–H groups in total. The summed E-state index contributed by atoms with van der Waals surface area (Å²) in [5.41, 5.74) is 3.35. The van der Waals surface area contributed by atoms with Crippen LogP contribution in [0.4, 0.5) is 8.78 Å². The fourth-order valence-corrected chi connectivity index (χ4v) is 3.97. The highest BCUT2D eigenvalue weighted by Crippen LogP contribution is 2.33. The highest BCUT2D eigenvalue weighted by atomic mass is 19.1. The smallest absolute Gasteiger partial charge is 0.254 e. The van der Waals surface area contributed by atoms with Crippen molar-refractivity contribution < 1.29 is 18.4 Å². The molecule has 2 aromatic carbocycles. The fourth-order valence-electron chi connectivity index (χ4n) is 3.97. The molecule has 1 aliphatic heterocycles. The number of aryl methyl sites for hydroxylation is 2. The first kappa shape index (κ1) is 21.0. The molecular weight excluding hydrogens is 374 g/mol. The van der Waals surface area contributed by atoms with Gasteiger partial charge in [0.1, 0.15) is 11.6 Å². The van der Waals surface area contributed by atoms with Crippen LogP contribution in [0.3, 0.4) is 0 Å². The SMILES string of the molecule is Cc1cc(C)cc(C2CCCN2C(=O)CCCNC(=O)c2ccc(F)cc2F)c1. The van der Waals surface area contributed by atoms with E-state index in [0.717, 1.165) is 31.5 Å². The van der Waals surface area contributed by atoms with Gasteiger partial charge in [0, 0.05) is 25.6 Å². The summed E-state index contributed by atoms with van der Waals surface area (Å²) in [5.74, 6) is -2.17. The topological polar surface area (TPSA) is 49.4 Å². The maximum absolute atomic E-state index is 13.6. The second-order valence-electron chi connectivity index (χ2n) is 7.65. The molecule has 4 nitrogen and oxygen atoms in total. The number of hydrogen-bond donors (Lipinski definition) is 1. The summed E-state index contributed by atoms with van der Waals surface area (Å²) < 4.78 is 26.6. The molecule has 1 atom stereocenters. The third-order valence-electron chi connectivity index (χ3n) is 5.23. The van der Waals surface area contributed by atoms with Crippen molar-refractivity contribution in [3.8, 4) is 0 Å². The van der Waals surface area contributed by atoms with Gasteiger partial charge in [-0.15, -0.1) is 0 Å². The zero-order valence-corrected chi connectivity index (χ0v) is 16.8. The third kappa shape index (κ3) is 5.19. The summed E-state index contributed by atoms with van der Waals surface area (Å²) in [6, 6.07) is 9.34. The first-order valence-electron chi connectivity index (χ1n) is 9.96. The van der Waals surface area contributed by atoms with Gasteiger partial charge in [0.15, 0.2) is 0 Å². The Morgan fingerprint density at radius 1 is 1.10 bits per heavy atom. The number of amides is 2. The lowest BCUT2D eigenvalue weighted by Gasteiger charge is -2.26. The second kappa shape index (κ2) is 9.16. The van der Waals surface area contributed by atoms with Crippen LogP contribution < -0.4 is 5.32 Å². The highest BCUT2D eigenvalue weighted by molar-refractivity contribution is 5.94. The van der Waals surface area contributed by atoms with Crippen molar-refractivity contribution in [1.29, 1.82) is 0 Å². The summed E-state index contributed by atoms with van der Waals surface area (Å²) >= 11 is 0. The van der Waals surface area contributed by atoms with Gasteiger partial charge in [-0.25, -0.2) is 8.78 Å². The molecule has 2 amide bonds. The van der Waals surface area contributed by atoms with Crippen LogP contribution in [0.1, 0.15) is 58.8 Å². The van der Waals surface area contributed by atoms with Crippen LogP contribution in [0.25, 0.3) is 0 Å². The van der Waals surface area contributed by atoms with E-state index in [2.05, 4.69) is 37.4 Å². The number of hydrogen-bond acceptors (Lipinski definition) is 2. The van der Waals surface area contributed by atoms with Crippen molar-refractivity contribution in [1.82, 2.24) is 10.2 Å². The van der Waals surface area contributed by atoms with Crippen molar-refractivity contribution in [2.45, 2.75) is 45.6 Å². The number of rotatable bonds is 6. The molecule has 0 spiro atoms. The molecule has 0 aromatic heterocycles. The normalized spacial score (nSPS) is 16.1. The predicted octanol–water partition coefficient (Wildman–Crippen LogP) is 4.46. The Bertz CT molecular complexity index is 893. The molecule has 1 fully saturated rings. The summed E-state index contributed by atoms with van der Waals surface area (Å²) in [4.78, 5) is 26.7. The Balaban J connectivity index is 1.51. The molecule has 2 aromatic rings. The van der Waals surface area contributed by atoms with Crippen molar-refractivity contribution in [2.75, 3.05) is 13.1 Å². The number of halogens is 2. The first-order valence-corrected chi connectivity index (χ1v) is 9.96. The zero-order chi connectivity index (χ0) is 21.0. The minimum Gasteiger partial charge on any atom is -0.352 e. The standard InChI is InChI=1S/C23H26F2N2O2/c1-15-11-16(2)13-17(12-15)21-5-4-10-27(21)22(28)6-3-9-26-23(29)19-8-7-18(24)14-20(19)25/h7-8,11-14,21H,3-6,9-10H2,1-2H3,(H,26,29). The monoisotopic (exact) mass is 400 g/mol. The van der Waals surface area contributed by atoms with Crippen molar-refractivity contribution in [3.63, 3.8) is 0 Å². The fraction of sp³-hybridized carbons (Fsp3) is 0.391. The predicted molar refractivity (Wildman–Crippen MR) is 108 cm³/mol.